The molecule has 0 aromatic carbocycles. The van der Waals surface area contributed by atoms with Crippen LogP contribution >= 0.6 is 15.9 Å². The second kappa shape index (κ2) is 8.76. The van der Waals surface area contributed by atoms with Crippen molar-refractivity contribution in [3.8, 4) is 0 Å². The van der Waals surface area contributed by atoms with Crippen molar-refractivity contribution in [3.63, 3.8) is 0 Å². The van der Waals surface area contributed by atoms with Crippen molar-refractivity contribution in [1.29, 1.82) is 0 Å². The molecule has 0 N–H and O–H groups in total. The third-order valence-corrected chi connectivity index (χ3v) is 4.15. The number of halogens is 1. The van der Waals surface area contributed by atoms with Crippen LogP contribution in [0.5, 0.6) is 0 Å². The van der Waals surface area contributed by atoms with Crippen LogP contribution in [0.2, 0.25) is 0 Å². The summed E-state index contributed by atoms with van der Waals surface area (Å²) >= 11 is 3.64. The van der Waals surface area contributed by atoms with E-state index in [0.717, 1.165) is 17.8 Å². The van der Waals surface area contributed by atoms with Gasteiger partial charge in [-0.05, 0) is 24.2 Å². The van der Waals surface area contributed by atoms with Gasteiger partial charge in [0.05, 0.1) is 0 Å². The molecule has 0 aromatic rings. The Morgan fingerprint density at radius 3 is 2.14 bits per heavy atom. The Balaban J connectivity index is 3.87. The molecule has 0 amide bonds. The SMILES string of the molecule is CCCCC(CC)CC(CBr)C(C)C. The second-order valence-electron chi connectivity index (χ2n) is 4.81. The van der Waals surface area contributed by atoms with E-state index < -0.39 is 0 Å². The maximum atomic E-state index is 3.64. The minimum atomic E-state index is 0.824. The lowest BCUT2D eigenvalue weighted by Crippen LogP contribution is -2.15. The molecule has 0 nitrogen and oxygen atoms in total. The lowest BCUT2D eigenvalue weighted by molar-refractivity contribution is 0.302. The minimum Gasteiger partial charge on any atom is -0.0925 e. The smallest absolute Gasteiger partial charge is 0.00622 e. The van der Waals surface area contributed by atoms with Gasteiger partial charge in [-0.2, -0.15) is 0 Å². The molecule has 0 heterocycles. The van der Waals surface area contributed by atoms with Crippen LogP contribution in [0.4, 0.5) is 0 Å². The predicted molar refractivity (Wildman–Crippen MR) is 70.0 cm³/mol. The van der Waals surface area contributed by atoms with Gasteiger partial charge in [-0.25, -0.2) is 0 Å². The van der Waals surface area contributed by atoms with Crippen molar-refractivity contribution in [3.05, 3.63) is 0 Å². The van der Waals surface area contributed by atoms with Crippen LogP contribution in [0.15, 0.2) is 0 Å². The van der Waals surface area contributed by atoms with E-state index in [0.29, 0.717) is 0 Å². The van der Waals surface area contributed by atoms with E-state index >= 15 is 0 Å². The summed E-state index contributed by atoms with van der Waals surface area (Å²) in [6.07, 6.45) is 6.96. The lowest BCUT2D eigenvalue weighted by atomic mass is 9.84. The molecule has 86 valence electrons. The molecule has 0 radical (unpaired) electrons. The highest BCUT2D eigenvalue weighted by atomic mass is 79.9. The summed E-state index contributed by atoms with van der Waals surface area (Å²) in [4.78, 5) is 0. The van der Waals surface area contributed by atoms with Crippen molar-refractivity contribution in [2.75, 3.05) is 5.33 Å². The number of hydrogen-bond donors (Lipinski definition) is 0. The molecule has 14 heavy (non-hydrogen) atoms. The molecule has 0 saturated heterocycles. The molecular weight excluding hydrogens is 236 g/mol. The van der Waals surface area contributed by atoms with E-state index in [9.17, 15) is 0 Å². The van der Waals surface area contributed by atoms with Gasteiger partial charge in [0.2, 0.25) is 0 Å². The average Bonchev–Trinajstić information content (AvgIpc) is 2.18. The highest BCUT2D eigenvalue weighted by Crippen LogP contribution is 2.27. The van der Waals surface area contributed by atoms with Crippen molar-refractivity contribution < 1.29 is 0 Å². The van der Waals surface area contributed by atoms with Crippen LogP contribution in [0.1, 0.15) is 59.8 Å². The van der Waals surface area contributed by atoms with Crippen molar-refractivity contribution in [2.45, 2.75) is 59.8 Å². The molecule has 0 rings (SSSR count). The molecular formula is C13H27Br. The Morgan fingerprint density at radius 1 is 1.14 bits per heavy atom. The third-order valence-electron chi connectivity index (χ3n) is 3.32. The quantitative estimate of drug-likeness (QED) is 0.524. The van der Waals surface area contributed by atoms with Gasteiger partial charge < -0.3 is 0 Å². The lowest BCUT2D eigenvalue weighted by Gasteiger charge is -2.24. The molecule has 0 bridgehead atoms. The van der Waals surface area contributed by atoms with Crippen molar-refractivity contribution in [1.82, 2.24) is 0 Å². The highest BCUT2D eigenvalue weighted by molar-refractivity contribution is 9.09. The Bertz CT molecular complexity index is 120. The highest BCUT2D eigenvalue weighted by Gasteiger charge is 2.16. The van der Waals surface area contributed by atoms with Gasteiger partial charge in [0.15, 0.2) is 0 Å². The van der Waals surface area contributed by atoms with Crippen LogP contribution in [0, 0.1) is 17.8 Å². The van der Waals surface area contributed by atoms with E-state index in [1.165, 1.54) is 37.4 Å². The van der Waals surface area contributed by atoms with Crippen molar-refractivity contribution >= 4 is 15.9 Å². The zero-order valence-electron chi connectivity index (χ0n) is 10.4. The van der Waals surface area contributed by atoms with Gasteiger partial charge in [-0.3, -0.25) is 0 Å². The summed E-state index contributed by atoms with van der Waals surface area (Å²) in [6, 6.07) is 0. The molecule has 0 aliphatic carbocycles. The van der Waals surface area contributed by atoms with Crippen molar-refractivity contribution in [2.24, 2.45) is 17.8 Å². The zero-order valence-corrected chi connectivity index (χ0v) is 11.9. The monoisotopic (exact) mass is 262 g/mol. The molecule has 0 aliphatic rings. The Labute approximate surface area is 99.0 Å². The maximum absolute atomic E-state index is 3.64. The van der Waals surface area contributed by atoms with Gasteiger partial charge in [-0.1, -0.05) is 69.3 Å². The summed E-state index contributed by atoms with van der Waals surface area (Å²) in [5.74, 6) is 2.65. The molecule has 0 saturated carbocycles. The molecule has 1 heteroatoms. The Kier molecular flexibility index (Phi) is 9.06. The molecule has 0 aliphatic heterocycles. The summed E-state index contributed by atoms with van der Waals surface area (Å²) in [5, 5.41) is 1.17. The van der Waals surface area contributed by atoms with Gasteiger partial charge >= 0.3 is 0 Å². The first-order valence-corrected chi connectivity index (χ1v) is 7.33. The van der Waals surface area contributed by atoms with Gasteiger partial charge in [0.25, 0.3) is 0 Å². The fourth-order valence-electron chi connectivity index (χ4n) is 1.92. The first-order valence-electron chi connectivity index (χ1n) is 6.21. The largest absolute Gasteiger partial charge is 0.0925 e. The first-order chi connectivity index (χ1) is 6.65. The zero-order chi connectivity index (χ0) is 11.0. The standard InChI is InChI=1S/C13H27Br/c1-5-7-8-12(6-2)9-13(10-14)11(3)4/h11-13H,5-10H2,1-4H3. The molecule has 0 spiro atoms. The fourth-order valence-corrected chi connectivity index (χ4v) is 2.93. The van der Waals surface area contributed by atoms with Crippen LogP contribution < -0.4 is 0 Å². The van der Waals surface area contributed by atoms with Crippen LogP contribution in [-0.2, 0) is 0 Å². The second-order valence-corrected chi connectivity index (χ2v) is 5.46. The van der Waals surface area contributed by atoms with Gasteiger partial charge in [-0.15, -0.1) is 0 Å². The molecule has 0 fully saturated rings. The van der Waals surface area contributed by atoms with E-state index in [2.05, 4.69) is 43.6 Å². The molecule has 2 atom stereocenters. The first kappa shape index (κ1) is 14.5. The summed E-state index contributed by atoms with van der Waals surface area (Å²) in [6.45, 7) is 9.32. The summed E-state index contributed by atoms with van der Waals surface area (Å²) in [7, 11) is 0. The predicted octanol–water partition coefficient (Wildman–Crippen LogP) is 5.26. The van der Waals surface area contributed by atoms with E-state index in [4.69, 9.17) is 0 Å². The van der Waals surface area contributed by atoms with Gasteiger partial charge in [0.1, 0.15) is 0 Å². The van der Waals surface area contributed by atoms with Crippen LogP contribution in [0.25, 0.3) is 0 Å². The topological polar surface area (TPSA) is 0 Å². The number of rotatable bonds is 8. The normalized spacial score (nSPS) is 15.9. The Morgan fingerprint density at radius 2 is 1.79 bits per heavy atom. The number of alkyl halides is 1. The van der Waals surface area contributed by atoms with E-state index in [1.54, 1.807) is 0 Å². The average molecular weight is 263 g/mol. The molecule has 0 aromatic heterocycles. The fraction of sp³-hybridized carbons (Fsp3) is 1.00. The van der Waals surface area contributed by atoms with Crippen LogP contribution in [-0.4, -0.2) is 5.33 Å². The summed E-state index contributed by atoms with van der Waals surface area (Å²) in [5.41, 5.74) is 0. The summed E-state index contributed by atoms with van der Waals surface area (Å²) < 4.78 is 0. The van der Waals surface area contributed by atoms with Gasteiger partial charge in [0, 0.05) is 5.33 Å². The minimum absolute atomic E-state index is 0.824. The van der Waals surface area contributed by atoms with Crippen LogP contribution in [0.3, 0.4) is 0 Å². The third kappa shape index (κ3) is 6.06. The molecule has 2 unspecified atom stereocenters. The van der Waals surface area contributed by atoms with E-state index in [1.807, 2.05) is 0 Å². The number of unbranched alkanes of at least 4 members (excludes halogenated alkanes) is 1. The maximum Gasteiger partial charge on any atom is 0.00622 e. The number of hydrogen-bond acceptors (Lipinski definition) is 0. The Hall–Kier alpha value is 0.480. The van der Waals surface area contributed by atoms with E-state index in [-0.39, 0.29) is 0 Å².